The van der Waals surface area contributed by atoms with Gasteiger partial charge in [-0.15, -0.1) is 0 Å². The molecule has 2 heterocycles. The van der Waals surface area contributed by atoms with E-state index in [9.17, 15) is 0 Å². The summed E-state index contributed by atoms with van der Waals surface area (Å²) in [6, 6.07) is 0. The van der Waals surface area contributed by atoms with Crippen LogP contribution in [0.5, 0.6) is 0 Å². The molecule has 0 aliphatic rings. The van der Waals surface area contributed by atoms with Gasteiger partial charge in [0.1, 0.15) is 10.8 Å². The molecule has 0 saturated heterocycles. The third-order valence-electron chi connectivity index (χ3n) is 1.40. The first-order valence-corrected chi connectivity index (χ1v) is 19.0. The predicted molar refractivity (Wildman–Crippen MR) is 109 cm³/mol. The minimum atomic E-state index is -0.278. The second kappa shape index (κ2) is 16.3. The van der Waals surface area contributed by atoms with Crippen LogP contribution in [-0.2, 0) is 11.5 Å². The average molecular weight is 707 g/mol. The topological polar surface area (TPSA) is 71.8 Å². The van der Waals surface area contributed by atoms with Gasteiger partial charge in [-0.3, -0.25) is 9.97 Å². The van der Waals surface area contributed by atoms with E-state index in [1.165, 1.54) is 18.6 Å². The maximum absolute atomic E-state index is 8.53. The molecule has 21 heavy (non-hydrogen) atoms. The van der Waals surface area contributed by atoms with E-state index in [2.05, 4.69) is 79.9 Å². The van der Waals surface area contributed by atoms with Crippen LogP contribution in [0.1, 0.15) is 13.1 Å². The second-order valence-electron chi connectivity index (χ2n) is 2.67. The summed E-state index contributed by atoms with van der Waals surface area (Å²) in [6.07, 6.45) is 7.56. The minimum absolute atomic E-state index is 0. The van der Waals surface area contributed by atoms with Crippen LogP contribution < -0.4 is 0 Å². The third-order valence-corrected chi connectivity index (χ3v) is 1.92. The van der Waals surface area contributed by atoms with Gasteiger partial charge >= 0.3 is 64.9 Å². The first-order valence-electron chi connectivity index (χ1n) is 4.72. The van der Waals surface area contributed by atoms with Gasteiger partial charge in [-0.1, -0.05) is 30.6 Å². The Balaban J connectivity index is 0. The quantitative estimate of drug-likeness (QED) is 0.421. The van der Waals surface area contributed by atoms with Gasteiger partial charge < -0.3 is 5.11 Å². The van der Waals surface area contributed by atoms with Gasteiger partial charge in [-0.25, -0.2) is 9.97 Å². The summed E-state index contributed by atoms with van der Waals surface area (Å²) in [5.74, 6) is 0. The van der Waals surface area contributed by atoms with Crippen LogP contribution in [-0.4, -0.2) is 25.0 Å². The number of rotatable bonds is 1. The van der Waals surface area contributed by atoms with Crippen molar-refractivity contribution in [2.24, 2.45) is 0 Å². The van der Waals surface area contributed by atoms with E-state index in [1.807, 2.05) is 0 Å². The fourth-order valence-electron chi connectivity index (χ4n) is 0.737. The van der Waals surface area contributed by atoms with Gasteiger partial charge in [0.15, 0.2) is 5.15 Å². The zero-order valence-electron chi connectivity index (χ0n) is 9.67. The summed E-state index contributed by atoms with van der Waals surface area (Å²) in [7, 11) is 0. The standard InChI is InChI=1S/C5H5ClN2O.C4H3ClN2.CH4.3HI.V/c6-5-4(3-9)7-1-2-8-5;5-4-3-6-1-2-7-4;;;;;/h1-2,9H,3H2;1-3H;1H4;3*1H;/q;;;;;;+3/p-3. The molecule has 118 valence electrons. The van der Waals surface area contributed by atoms with Gasteiger partial charge in [-0.2, -0.15) is 0 Å². The molecule has 0 atom stereocenters. The van der Waals surface area contributed by atoms with E-state index in [0.717, 1.165) is 0 Å². The molecule has 0 aliphatic heterocycles. The zero-order valence-corrected chi connectivity index (χ0v) is 19.0. The Kier molecular flexibility index (Phi) is 19.2. The van der Waals surface area contributed by atoms with Crippen molar-refractivity contribution in [2.45, 2.75) is 14.0 Å². The van der Waals surface area contributed by atoms with Crippen LogP contribution in [0.15, 0.2) is 31.0 Å². The normalized spacial score (nSPS) is 8.71. The van der Waals surface area contributed by atoms with Crippen molar-refractivity contribution in [3.63, 3.8) is 0 Å². The summed E-state index contributed by atoms with van der Waals surface area (Å²) in [5.41, 5.74) is 0.416. The predicted octanol–water partition coefficient (Wildman–Crippen LogP) is 5.04. The molecule has 0 aromatic carbocycles. The van der Waals surface area contributed by atoms with Gasteiger partial charge in [0, 0.05) is 24.8 Å². The summed E-state index contributed by atoms with van der Waals surface area (Å²) < 4.78 is 0. The monoisotopic (exact) mass is 706 g/mol. The van der Waals surface area contributed by atoms with Crippen LogP contribution >= 0.6 is 83.1 Å². The number of aliphatic hydroxyl groups excluding tert-OH is 1. The number of hydrogen-bond donors (Lipinski definition) is 1. The third kappa shape index (κ3) is 16.1. The Hall–Kier alpha value is 1.47. The first-order chi connectivity index (χ1) is 9.47. The fourth-order valence-corrected chi connectivity index (χ4v) is 1.01. The van der Waals surface area contributed by atoms with Gasteiger partial charge in [0.2, 0.25) is 0 Å². The molecule has 11 heteroatoms. The second-order valence-corrected chi connectivity index (χ2v) is 38.8. The van der Waals surface area contributed by atoms with E-state index in [1.54, 1.807) is 12.4 Å². The van der Waals surface area contributed by atoms with Crippen molar-refractivity contribution in [3.8, 4) is 0 Å². The van der Waals surface area contributed by atoms with Crippen molar-refractivity contribution in [1.29, 1.82) is 0 Å². The van der Waals surface area contributed by atoms with Crippen LogP contribution in [0.25, 0.3) is 0 Å². The SMILES string of the molecule is C.Clc1cnccn1.OCc1nccnc1Cl.[I][V]([I])[I]. The summed E-state index contributed by atoms with van der Waals surface area (Å²) in [5, 5.41) is 9.23. The molecular formula is C10H12Cl2I3N4OV. The van der Waals surface area contributed by atoms with E-state index < -0.39 is 0 Å². The molecule has 2 aromatic rings. The Bertz CT molecular complexity index is 482. The molecule has 0 bridgehead atoms. The maximum atomic E-state index is 8.53. The Morgan fingerprint density at radius 1 is 1.00 bits per heavy atom. The van der Waals surface area contributed by atoms with Crippen molar-refractivity contribution in [3.05, 3.63) is 47.0 Å². The number of nitrogens with zero attached hydrogens (tertiary/aromatic N) is 4. The summed E-state index contributed by atoms with van der Waals surface area (Å²) >= 11 is 18.2. The molecular weight excluding hydrogens is 695 g/mol. The van der Waals surface area contributed by atoms with E-state index in [4.69, 9.17) is 28.3 Å². The van der Waals surface area contributed by atoms with Crippen molar-refractivity contribution < 1.29 is 10.0 Å². The zero-order chi connectivity index (χ0) is 15.4. The molecule has 2 aromatic heterocycles. The average Bonchev–Trinajstić information content (AvgIpc) is 2.40. The molecule has 1 N–H and O–H groups in total. The Morgan fingerprint density at radius 3 is 1.81 bits per heavy atom. The number of aromatic nitrogens is 4. The van der Waals surface area contributed by atoms with Crippen molar-refractivity contribution >= 4 is 83.1 Å². The number of aliphatic hydroxyl groups is 1. The van der Waals surface area contributed by atoms with Crippen molar-refractivity contribution in [1.82, 2.24) is 19.9 Å². The molecule has 0 fully saturated rings. The molecule has 0 spiro atoms. The Labute approximate surface area is 171 Å². The molecule has 0 amide bonds. The Morgan fingerprint density at radius 2 is 1.52 bits per heavy atom. The van der Waals surface area contributed by atoms with E-state index in [-0.39, 0.29) is 24.1 Å². The molecule has 5 nitrogen and oxygen atoms in total. The summed E-state index contributed by atoms with van der Waals surface area (Å²) in [6.45, 7) is -0.160. The van der Waals surface area contributed by atoms with Crippen LogP contribution in [0.3, 0.4) is 0 Å². The van der Waals surface area contributed by atoms with E-state index >= 15 is 0 Å². The summed E-state index contributed by atoms with van der Waals surface area (Å²) in [4.78, 5) is 14.5. The number of halogens is 5. The van der Waals surface area contributed by atoms with Gasteiger partial charge in [-0.05, 0) is 0 Å². The molecule has 2 rings (SSSR count). The van der Waals surface area contributed by atoms with Crippen LogP contribution in [0.2, 0.25) is 10.3 Å². The molecule has 0 saturated carbocycles. The molecule has 0 radical (unpaired) electrons. The van der Waals surface area contributed by atoms with E-state index in [0.29, 0.717) is 10.8 Å². The molecule has 0 aliphatic carbocycles. The van der Waals surface area contributed by atoms with Crippen LogP contribution in [0, 0.1) is 0 Å². The molecule has 0 unspecified atom stereocenters. The van der Waals surface area contributed by atoms with Gasteiger partial charge in [0.25, 0.3) is 0 Å². The van der Waals surface area contributed by atoms with Crippen molar-refractivity contribution in [2.75, 3.05) is 0 Å². The van der Waals surface area contributed by atoms with Crippen LogP contribution in [0.4, 0.5) is 0 Å². The number of hydrogen-bond acceptors (Lipinski definition) is 5. The van der Waals surface area contributed by atoms with Gasteiger partial charge in [0.05, 0.1) is 12.8 Å². The first kappa shape index (κ1) is 24.7. The fraction of sp³-hybridized carbons (Fsp3) is 0.200.